The van der Waals surface area contributed by atoms with Crippen LogP contribution in [0.3, 0.4) is 0 Å². The molecule has 3 nitrogen and oxygen atoms in total. The quantitative estimate of drug-likeness (QED) is 0.659. The van der Waals surface area contributed by atoms with E-state index < -0.39 is 0 Å². The van der Waals surface area contributed by atoms with Crippen LogP contribution in [0.5, 0.6) is 0 Å². The Morgan fingerprint density at radius 2 is 1.07 bits per heavy atom. The number of hydrogen-bond donors (Lipinski definition) is 3. The normalized spacial score (nSPS) is 9.00. The van der Waals surface area contributed by atoms with E-state index in [1.54, 1.807) is 0 Å². The first-order valence-corrected chi connectivity index (χ1v) is 5.37. The van der Waals surface area contributed by atoms with Gasteiger partial charge in [-0.05, 0) is 24.8 Å². The fraction of sp³-hybridized carbons (Fsp3) is 1.00. The maximum atomic E-state index is 8.14. The van der Waals surface area contributed by atoms with Gasteiger partial charge >= 0.3 is 0 Å². The highest BCUT2D eigenvalue weighted by Gasteiger charge is 1.82. The second-order valence-electron chi connectivity index (χ2n) is 3.94. The smallest absolute Gasteiger partial charge is 0.0453 e. The van der Waals surface area contributed by atoms with E-state index >= 15 is 0 Å². The molecule has 0 unspecified atom stereocenters. The van der Waals surface area contributed by atoms with Crippen molar-refractivity contribution < 1.29 is 10.2 Å². The van der Waals surface area contributed by atoms with Crippen molar-refractivity contribution in [3.63, 3.8) is 0 Å². The Morgan fingerprint density at radius 3 is 1.07 bits per heavy atom. The summed E-state index contributed by atoms with van der Waals surface area (Å²) in [7, 11) is 0. The molecule has 0 aliphatic rings. The highest BCUT2D eigenvalue weighted by atomic mass is 16.3. The lowest BCUT2D eigenvalue weighted by atomic mass is 10.2. The van der Waals surface area contributed by atoms with Crippen molar-refractivity contribution in [2.24, 2.45) is 17.6 Å². The summed E-state index contributed by atoms with van der Waals surface area (Å²) in [4.78, 5) is 0. The minimum atomic E-state index is 0.306. The predicted octanol–water partition coefficient (Wildman–Crippen LogP) is 1.62. The third-order valence-corrected chi connectivity index (χ3v) is 1.02. The van der Waals surface area contributed by atoms with E-state index in [1.165, 1.54) is 0 Å². The number of hydrogen-bond acceptors (Lipinski definition) is 3. The first-order chi connectivity index (χ1) is 6.45. The summed E-state index contributed by atoms with van der Waals surface area (Å²) in [6.45, 7) is 11.4. The molecule has 0 aliphatic heterocycles. The van der Waals surface area contributed by atoms with E-state index in [9.17, 15) is 0 Å². The number of aliphatic hydroxyl groups excluding tert-OH is 2. The van der Waals surface area contributed by atoms with Crippen LogP contribution in [0.2, 0.25) is 0 Å². The summed E-state index contributed by atoms with van der Waals surface area (Å²) < 4.78 is 0. The summed E-state index contributed by atoms with van der Waals surface area (Å²) in [5.41, 5.74) is 5.03. The van der Waals surface area contributed by atoms with Gasteiger partial charge in [0.2, 0.25) is 0 Å². The minimum Gasteiger partial charge on any atom is -0.396 e. The van der Waals surface area contributed by atoms with Gasteiger partial charge in [0.25, 0.3) is 0 Å². The molecule has 0 heterocycles. The molecule has 0 rings (SSSR count). The summed E-state index contributed by atoms with van der Waals surface area (Å²) in [6, 6.07) is 0. The van der Waals surface area contributed by atoms with Crippen LogP contribution in [0, 0.1) is 11.8 Å². The van der Waals surface area contributed by atoms with E-state index in [0.717, 1.165) is 13.0 Å². The summed E-state index contributed by atoms with van der Waals surface area (Å²) in [6.07, 6.45) is 1.10. The Balaban J connectivity index is -0.000000131. The van der Waals surface area contributed by atoms with Crippen LogP contribution in [0.15, 0.2) is 0 Å². The van der Waals surface area contributed by atoms with Gasteiger partial charge < -0.3 is 15.9 Å². The zero-order chi connectivity index (χ0) is 12.0. The molecule has 3 heteroatoms. The van der Waals surface area contributed by atoms with Crippen molar-refractivity contribution in [1.82, 2.24) is 0 Å². The lowest BCUT2D eigenvalue weighted by Crippen LogP contribution is -1.93. The van der Waals surface area contributed by atoms with Crippen LogP contribution >= 0.6 is 0 Å². The molecule has 0 fully saturated rings. The van der Waals surface area contributed by atoms with Gasteiger partial charge in [0, 0.05) is 13.2 Å². The zero-order valence-electron chi connectivity index (χ0n) is 10.5. The fourth-order valence-corrected chi connectivity index (χ4v) is 0. The van der Waals surface area contributed by atoms with Crippen LogP contribution in [-0.2, 0) is 0 Å². The molecule has 4 N–H and O–H groups in total. The van der Waals surface area contributed by atoms with Crippen molar-refractivity contribution in [1.29, 1.82) is 0 Å². The topological polar surface area (TPSA) is 66.5 Å². The molecule has 0 aromatic heterocycles. The molecule has 0 saturated carbocycles. The van der Waals surface area contributed by atoms with Gasteiger partial charge in [-0.1, -0.05) is 34.6 Å². The highest BCUT2D eigenvalue weighted by molar-refractivity contribution is 4.32. The lowest BCUT2D eigenvalue weighted by Gasteiger charge is -1.90. The largest absolute Gasteiger partial charge is 0.396 e. The maximum Gasteiger partial charge on any atom is 0.0453 e. The molecule has 0 radical (unpaired) electrons. The monoisotopic (exact) mass is 207 g/mol. The second kappa shape index (κ2) is 18.6. The summed E-state index contributed by atoms with van der Waals surface area (Å²) >= 11 is 0. The van der Waals surface area contributed by atoms with Crippen LogP contribution in [0.4, 0.5) is 0 Å². The fourth-order valence-electron chi connectivity index (χ4n) is 0. The van der Waals surface area contributed by atoms with E-state index in [4.69, 9.17) is 15.9 Å². The van der Waals surface area contributed by atoms with Crippen molar-refractivity contribution in [2.75, 3.05) is 19.8 Å². The van der Waals surface area contributed by atoms with Gasteiger partial charge in [-0.25, -0.2) is 0 Å². The Bertz CT molecular complexity index is 65.7. The average molecular weight is 207 g/mol. The van der Waals surface area contributed by atoms with Crippen molar-refractivity contribution in [3.8, 4) is 0 Å². The first kappa shape index (κ1) is 19.5. The van der Waals surface area contributed by atoms with Crippen LogP contribution < -0.4 is 5.73 Å². The van der Waals surface area contributed by atoms with E-state index in [2.05, 4.69) is 6.92 Å². The molecular weight excluding hydrogens is 178 g/mol. The lowest BCUT2D eigenvalue weighted by molar-refractivity contribution is 0.248. The van der Waals surface area contributed by atoms with Crippen molar-refractivity contribution in [2.45, 2.75) is 41.0 Å². The third kappa shape index (κ3) is 59.1. The van der Waals surface area contributed by atoms with E-state index in [-0.39, 0.29) is 0 Å². The van der Waals surface area contributed by atoms with Gasteiger partial charge in [-0.2, -0.15) is 0 Å². The van der Waals surface area contributed by atoms with Gasteiger partial charge in [0.15, 0.2) is 0 Å². The molecule has 0 atom stereocenters. The first-order valence-electron chi connectivity index (χ1n) is 5.37. The molecule has 0 bridgehead atoms. The van der Waals surface area contributed by atoms with E-state index in [0.29, 0.717) is 25.0 Å². The second-order valence-corrected chi connectivity index (χ2v) is 3.94. The standard InChI is InChI=1S/2C4H10O.C3H9N/c2*1-4(2)3-5;1-2-3-4/h2*4-5H,3H2,1-2H3;2-4H2,1H3. The third-order valence-electron chi connectivity index (χ3n) is 1.02. The minimum absolute atomic E-state index is 0.306. The Morgan fingerprint density at radius 1 is 0.929 bits per heavy atom. The Labute approximate surface area is 89.3 Å². The molecule has 90 valence electrons. The summed E-state index contributed by atoms with van der Waals surface area (Å²) in [5, 5.41) is 16.3. The van der Waals surface area contributed by atoms with Crippen LogP contribution in [0.1, 0.15) is 41.0 Å². The van der Waals surface area contributed by atoms with Crippen molar-refractivity contribution >= 4 is 0 Å². The highest BCUT2D eigenvalue weighted by Crippen LogP contribution is 1.83. The Hall–Kier alpha value is -0.120. The van der Waals surface area contributed by atoms with Gasteiger partial charge in [0.1, 0.15) is 0 Å². The Kier molecular flexibility index (Phi) is 25.9. The molecular formula is C11H29NO2. The van der Waals surface area contributed by atoms with Gasteiger partial charge in [-0.3, -0.25) is 0 Å². The average Bonchev–Trinajstić information content (AvgIpc) is 2.19. The van der Waals surface area contributed by atoms with Crippen LogP contribution in [0.25, 0.3) is 0 Å². The molecule has 14 heavy (non-hydrogen) atoms. The molecule has 0 amide bonds. The van der Waals surface area contributed by atoms with Gasteiger partial charge in [-0.15, -0.1) is 0 Å². The number of rotatable bonds is 3. The van der Waals surface area contributed by atoms with Crippen LogP contribution in [-0.4, -0.2) is 30.0 Å². The molecule has 0 saturated heterocycles. The van der Waals surface area contributed by atoms with Gasteiger partial charge in [0.05, 0.1) is 0 Å². The zero-order valence-corrected chi connectivity index (χ0v) is 10.5. The maximum absolute atomic E-state index is 8.14. The molecule has 0 aliphatic carbocycles. The van der Waals surface area contributed by atoms with E-state index in [1.807, 2.05) is 27.7 Å². The molecule has 0 spiro atoms. The number of nitrogens with two attached hydrogens (primary N) is 1. The van der Waals surface area contributed by atoms with Crippen molar-refractivity contribution in [3.05, 3.63) is 0 Å². The summed E-state index contributed by atoms with van der Waals surface area (Å²) in [5.74, 6) is 0.880. The predicted molar refractivity (Wildman–Crippen MR) is 63.2 cm³/mol. The molecule has 0 aromatic rings. The number of aliphatic hydroxyl groups is 2. The SMILES string of the molecule is CC(C)CO.CC(C)CO.CCCN. The molecule has 0 aromatic carbocycles.